The highest BCUT2D eigenvalue weighted by Gasteiger charge is 2.07. The van der Waals surface area contributed by atoms with Gasteiger partial charge in [-0.15, -0.1) is 0 Å². The standard InChI is InChI=1S/C8H7N3O2/c1-11-7(10-13-8(11)12)6-3-2-4-9-5-6/h2-5H,1H3. The fourth-order valence-corrected chi connectivity index (χ4v) is 1.03. The van der Waals surface area contributed by atoms with Crippen LogP contribution in [0, 0.1) is 0 Å². The first kappa shape index (κ1) is 7.72. The minimum atomic E-state index is -0.473. The number of aromatic nitrogens is 3. The summed E-state index contributed by atoms with van der Waals surface area (Å²) >= 11 is 0. The molecule has 0 bridgehead atoms. The van der Waals surface area contributed by atoms with Crippen molar-refractivity contribution in [2.24, 2.45) is 7.05 Å². The Morgan fingerprint density at radius 2 is 2.38 bits per heavy atom. The van der Waals surface area contributed by atoms with Crippen molar-refractivity contribution in [2.45, 2.75) is 0 Å². The Hall–Kier alpha value is -1.91. The van der Waals surface area contributed by atoms with Crippen molar-refractivity contribution < 1.29 is 4.52 Å². The van der Waals surface area contributed by atoms with Gasteiger partial charge in [-0.2, -0.15) is 0 Å². The molecule has 66 valence electrons. The largest absolute Gasteiger partial charge is 0.441 e. The first-order valence-electron chi connectivity index (χ1n) is 3.72. The van der Waals surface area contributed by atoms with Crippen LogP contribution in [0.15, 0.2) is 33.8 Å². The lowest BCUT2D eigenvalue weighted by Gasteiger charge is -1.95. The van der Waals surface area contributed by atoms with Gasteiger partial charge in [0.05, 0.1) is 0 Å². The smallest absolute Gasteiger partial charge is 0.295 e. The number of rotatable bonds is 1. The topological polar surface area (TPSA) is 60.9 Å². The molecule has 0 unspecified atom stereocenters. The molecule has 5 heteroatoms. The third-order valence-corrected chi connectivity index (χ3v) is 1.72. The van der Waals surface area contributed by atoms with E-state index in [1.165, 1.54) is 4.57 Å². The zero-order valence-electron chi connectivity index (χ0n) is 6.97. The minimum absolute atomic E-state index is 0.473. The molecular weight excluding hydrogens is 170 g/mol. The van der Waals surface area contributed by atoms with Gasteiger partial charge >= 0.3 is 5.76 Å². The molecule has 2 rings (SSSR count). The summed E-state index contributed by atoms with van der Waals surface area (Å²) in [5.74, 6) is 0.0111. The highest BCUT2D eigenvalue weighted by Crippen LogP contribution is 2.11. The molecule has 0 radical (unpaired) electrons. The Morgan fingerprint density at radius 1 is 1.54 bits per heavy atom. The molecule has 0 saturated heterocycles. The lowest BCUT2D eigenvalue weighted by molar-refractivity contribution is 0.380. The summed E-state index contributed by atoms with van der Waals surface area (Å²) in [4.78, 5) is 14.8. The van der Waals surface area contributed by atoms with Crippen LogP contribution in [0.3, 0.4) is 0 Å². The van der Waals surface area contributed by atoms with Crippen LogP contribution in [0.5, 0.6) is 0 Å². The van der Waals surface area contributed by atoms with E-state index in [4.69, 9.17) is 0 Å². The van der Waals surface area contributed by atoms with Gasteiger partial charge in [0.1, 0.15) is 0 Å². The van der Waals surface area contributed by atoms with Gasteiger partial charge in [0.25, 0.3) is 0 Å². The third kappa shape index (κ3) is 1.24. The van der Waals surface area contributed by atoms with E-state index in [1.54, 1.807) is 25.5 Å². The molecule has 5 nitrogen and oxygen atoms in total. The Balaban J connectivity index is 2.60. The van der Waals surface area contributed by atoms with E-state index in [0.717, 1.165) is 5.56 Å². The molecule has 0 N–H and O–H groups in total. The number of pyridine rings is 1. The minimum Gasteiger partial charge on any atom is -0.295 e. The second-order valence-corrected chi connectivity index (χ2v) is 2.57. The highest BCUT2D eigenvalue weighted by molar-refractivity contribution is 5.52. The van der Waals surface area contributed by atoms with Crippen molar-refractivity contribution in [1.29, 1.82) is 0 Å². The Labute approximate surface area is 73.6 Å². The van der Waals surface area contributed by atoms with E-state index in [0.29, 0.717) is 5.82 Å². The van der Waals surface area contributed by atoms with Crippen molar-refractivity contribution in [2.75, 3.05) is 0 Å². The van der Waals surface area contributed by atoms with Crippen molar-refractivity contribution >= 4 is 0 Å². The van der Waals surface area contributed by atoms with E-state index >= 15 is 0 Å². The molecule has 0 aliphatic heterocycles. The number of hydrogen-bond donors (Lipinski definition) is 0. The van der Waals surface area contributed by atoms with Crippen LogP contribution in [-0.2, 0) is 7.05 Å². The zero-order valence-corrected chi connectivity index (χ0v) is 6.97. The summed E-state index contributed by atoms with van der Waals surface area (Å²) in [6, 6.07) is 3.58. The van der Waals surface area contributed by atoms with Crippen LogP contribution in [0.4, 0.5) is 0 Å². The molecule has 2 aromatic rings. The first-order valence-corrected chi connectivity index (χ1v) is 3.72. The Bertz CT molecular complexity index is 458. The Kier molecular flexibility index (Phi) is 1.70. The molecule has 2 heterocycles. The van der Waals surface area contributed by atoms with E-state index in [-0.39, 0.29) is 0 Å². The van der Waals surface area contributed by atoms with Gasteiger partial charge in [0, 0.05) is 25.0 Å². The molecule has 0 aliphatic carbocycles. The number of hydrogen-bond acceptors (Lipinski definition) is 4. The van der Waals surface area contributed by atoms with E-state index in [2.05, 4.69) is 14.7 Å². The molecule has 0 fully saturated rings. The van der Waals surface area contributed by atoms with Crippen molar-refractivity contribution in [1.82, 2.24) is 14.7 Å². The van der Waals surface area contributed by atoms with Crippen LogP contribution in [-0.4, -0.2) is 14.7 Å². The average molecular weight is 177 g/mol. The van der Waals surface area contributed by atoms with Gasteiger partial charge < -0.3 is 0 Å². The van der Waals surface area contributed by atoms with Crippen LogP contribution < -0.4 is 5.76 Å². The van der Waals surface area contributed by atoms with Gasteiger partial charge in [0.2, 0.25) is 0 Å². The molecule has 0 aliphatic rings. The van der Waals surface area contributed by atoms with E-state index in [1.807, 2.05) is 6.07 Å². The molecule has 0 saturated carbocycles. The monoisotopic (exact) mass is 177 g/mol. The number of nitrogens with zero attached hydrogens (tertiary/aromatic N) is 3. The summed E-state index contributed by atoms with van der Waals surface area (Å²) in [6.07, 6.45) is 3.28. The first-order chi connectivity index (χ1) is 6.29. The second kappa shape index (κ2) is 2.85. The normalized spacial score (nSPS) is 10.2. The molecule has 13 heavy (non-hydrogen) atoms. The summed E-state index contributed by atoms with van der Waals surface area (Å²) in [6.45, 7) is 0. The van der Waals surface area contributed by atoms with E-state index < -0.39 is 5.76 Å². The molecule has 0 aromatic carbocycles. The van der Waals surface area contributed by atoms with Crippen molar-refractivity contribution in [3.63, 3.8) is 0 Å². The zero-order chi connectivity index (χ0) is 9.26. The lowest BCUT2D eigenvalue weighted by atomic mass is 10.3. The SMILES string of the molecule is Cn1c(-c2cccnc2)noc1=O. The van der Waals surface area contributed by atoms with Gasteiger partial charge in [-0.25, -0.2) is 4.79 Å². The van der Waals surface area contributed by atoms with Gasteiger partial charge in [-0.05, 0) is 12.1 Å². The van der Waals surface area contributed by atoms with Gasteiger partial charge in [-0.1, -0.05) is 5.16 Å². The fourth-order valence-electron chi connectivity index (χ4n) is 1.03. The summed E-state index contributed by atoms with van der Waals surface area (Å²) in [7, 11) is 1.60. The maximum absolute atomic E-state index is 10.9. The van der Waals surface area contributed by atoms with Crippen LogP contribution in [0.1, 0.15) is 0 Å². The van der Waals surface area contributed by atoms with Crippen LogP contribution >= 0.6 is 0 Å². The predicted octanol–water partition coefficient (Wildman–Crippen LogP) is 0.435. The average Bonchev–Trinajstić information content (AvgIpc) is 2.49. The van der Waals surface area contributed by atoms with Crippen LogP contribution in [0.25, 0.3) is 11.4 Å². The van der Waals surface area contributed by atoms with E-state index in [9.17, 15) is 4.79 Å². The Morgan fingerprint density at radius 3 is 2.92 bits per heavy atom. The third-order valence-electron chi connectivity index (χ3n) is 1.72. The molecule has 0 amide bonds. The highest BCUT2D eigenvalue weighted by atomic mass is 16.5. The van der Waals surface area contributed by atoms with Gasteiger partial charge in [0.15, 0.2) is 5.82 Å². The molecule has 0 atom stereocenters. The predicted molar refractivity (Wildman–Crippen MR) is 45.0 cm³/mol. The summed E-state index contributed by atoms with van der Waals surface area (Å²) < 4.78 is 5.81. The molecule has 2 aromatic heterocycles. The quantitative estimate of drug-likeness (QED) is 0.634. The lowest BCUT2D eigenvalue weighted by Crippen LogP contribution is -2.10. The summed E-state index contributed by atoms with van der Waals surface area (Å²) in [5.41, 5.74) is 0.760. The maximum Gasteiger partial charge on any atom is 0.441 e. The second-order valence-electron chi connectivity index (χ2n) is 2.57. The van der Waals surface area contributed by atoms with Crippen molar-refractivity contribution in [3.05, 3.63) is 35.1 Å². The van der Waals surface area contributed by atoms with Crippen LogP contribution in [0.2, 0.25) is 0 Å². The van der Waals surface area contributed by atoms with Crippen molar-refractivity contribution in [3.8, 4) is 11.4 Å². The molecule has 0 spiro atoms. The fraction of sp³-hybridized carbons (Fsp3) is 0.125. The molecular formula is C8H7N3O2. The maximum atomic E-state index is 10.9. The van der Waals surface area contributed by atoms with Gasteiger partial charge in [-0.3, -0.25) is 14.1 Å². The summed E-state index contributed by atoms with van der Waals surface area (Å²) in [5, 5.41) is 3.62.